The first-order chi connectivity index (χ1) is 5.40. The van der Waals surface area contributed by atoms with E-state index in [1.807, 2.05) is 0 Å². The van der Waals surface area contributed by atoms with Crippen molar-refractivity contribution in [3.63, 3.8) is 0 Å². The largest absolute Gasteiger partial charge is 0.0806 e. The van der Waals surface area contributed by atoms with E-state index >= 15 is 0 Å². The summed E-state index contributed by atoms with van der Waals surface area (Å²) < 4.78 is 0. The third kappa shape index (κ3) is 1.16. The van der Waals surface area contributed by atoms with Gasteiger partial charge in [0.1, 0.15) is 0 Å². The van der Waals surface area contributed by atoms with Crippen LogP contribution in [0.4, 0.5) is 0 Å². The van der Waals surface area contributed by atoms with Crippen molar-refractivity contribution < 1.29 is 0 Å². The lowest BCUT2D eigenvalue weighted by Gasteiger charge is -1.95. The van der Waals surface area contributed by atoms with Crippen LogP contribution in [0, 0.1) is 0 Å². The summed E-state index contributed by atoms with van der Waals surface area (Å²) in [5, 5.41) is 1.59. The molecule has 2 radical (unpaired) electrons. The first-order valence-electron chi connectivity index (χ1n) is 3.86. The Morgan fingerprint density at radius 2 is 2.09 bits per heavy atom. The van der Waals surface area contributed by atoms with E-state index in [1.54, 1.807) is 5.20 Å². The molecule has 0 nitrogen and oxygen atoms in total. The van der Waals surface area contributed by atoms with Crippen molar-refractivity contribution in [3.8, 4) is 0 Å². The molecule has 2 rings (SSSR count). The molecular formula is C10H10Si. The zero-order valence-electron chi connectivity index (χ0n) is 6.59. The standard InChI is InChI=1S/C10H10Si/c1-11-10-6-8-4-2-3-5-9(8)7-10/h2-6H,7H2,1H3. The molecule has 0 saturated heterocycles. The Morgan fingerprint density at radius 1 is 1.27 bits per heavy atom. The quantitative estimate of drug-likeness (QED) is 0.550. The van der Waals surface area contributed by atoms with Crippen molar-refractivity contribution in [3.05, 3.63) is 40.6 Å². The SMILES string of the molecule is C[Si]C1=Cc2ccccc2C1. The maximum Gasteiger partial charge on any atom is 0.0720 e. The van der Waals surface area contributed by atoms with Crippen molar-refractivity contribution >= 4 is 15.6 Å². The Balaban J connectivity index is 2.39. The van der Waals surface area contributed by atoms with Gasteiger partial charge in [-0.05, 0) is 17.5 Å². The highest BCUT2D eigenvalue weighted by molar-refractivity contribution is 6.45. The number of rotatable bonds is 1. The Labute approximate surface area is 69.8 Å². The van der Waals surface area contributed by atoms with E-state index in [0.717, 1.165) is 9.52 Å². The van der Waals surface area contributed by atoms with Crippen LogP contribution >= 0.6 is 0 Å². The lowest BCUT2D eigenvalue weighted by Crippen LogP contribution is -1.89. The van der Waals surface area contributed by atoms with Gasteiger partial charge in [-0.3, -0.25) is 0 Å². The molecule has 0 heterocycles. The highest BCUT2D eigenvalue weighted by atomic mass is 28.2. The van der Waals surface area contributed by atoms with Gasteiger partial charge in [-0.2, -0.15) is 0 Å². The summed E-state index contributed by atoms with van der Waals surface area (Å²) in [5.74, 6) is 0. The highest BCUT2D eigenvalue weighted by Crippen LogP contribution is 2.23. The Bertz CT molecular complexity index is 299. The average Bonchev–Trinajstić information content (AvgIpc) is 2.46. The molecule has 0 amide bonds. The average molecular weight is 158 g/mol. The van der Waals surface area contributed by atoms with Crippen LogP contribution in [-0.4, -0.2) is 9.52 Å². The Morgan fingerprint density at radius 3 is 2.82 bits per heavy atom. The van der Waals surface area contributed by atoms with Gasteiger partial charge in [0.25, 0.3) is 0 Å². The summed E-state index contributed by atoms with van der Waals surface area (Å²) in [6.07, 6.45) is 3.51. The van der Waals surface area contributed by atoms with Crippen molar-refractivity contribution in [1.82, 2.24) is 0 Å². The zero-order chi connectivity index (χ0) is 7.68. The third-order valence-electron chi connectivity index (χ3n) is 2.09. The second kappa shape index (κ2) is 2.66. The smallest absolute Gasteiger partial charge is 0.0720 e. The van der Waals surface area contributed by atoms with Crippen LogP contribution in [0.2, 0.25) is 6.55 Å². The predicted octanol–water partition coefficient (Wildman–Crippen LogP) is 2.34. The summed E-state index contributed by atoms with van der Waals surface area (Å²) >= 11 is 0. The van der Waals surface area contributed by atoms with E-state index in [9.17, 15) is 0 Å². The molecule has 1 aromatic rings. The third-order valence-corrected chi connectivity index (χ3v) is 3.05. The van der Waals surface area contributed by atoms with Gasteiger partial charge in [0.05, 0.1) is 9.52 Å². The monoisotopic (exact) mass is 158 g/mol. The molecule has 1 aliphatic carbocycles. The van der Waals surface area contributed by atoms with E-state index in [1.165, 1.54) is 17.5 Å². The second-order valence-corrected chi connectivity index (χ2v) is 3.94. The van der Waals surface area contributed by atoms with Crippen LogP contribution in [0.1, 0.15) is 11.1 Å². The number of fused-ring (bicyclic) bond motifs is 1. The fraction of sp³-hybridized carbons (Fsp3) is 0.200. The van der Waals surface area contributed by atoms with Gasteiger partial charge in [-0.25, -0.2) is 0 Å². The van der Waals surface area contributed by atoms with Gasteiger partial charge in [0.15, 0.2) is 0 Å². The number of hydrogen-bond acceptors (Lipinski definition) is 0. The van der Waals surface area contributed by atoms with Gasteiger partial charge in [0, 0.05) is 0 Å². The molecule has 1 heteroatoms. The summed E-state index contributed by atoms with van der Waals surface area (Å²) in [4.78, 5) is 0. The van der Waals surface area contributed by atoms with Crippen LogP contribution < -0.4 is 0 Å². The first-order valence-corrected chi connectivity index (χ1v) is 5.36. The lowest BCUT2D eigenvalue weighted by molar-refractivity contribution is 1.28. The van der Waals surface area contributed by atoms with E-state index in [4.69, 9.17) is 0 Å². The fourth-order valence-electron chi connectivity index (χ4n) is 1.44. The molecule has 0 aromatic heterocycles. The Hall–Kier alpha value is -0.823. The molecule has 54 valence electrons. The van der Waals surface area contributed by atoms with E-state index in [2.05, 4.69) is 36.9 Å². The van der Waals surface area contributed by atoms with Gasteiger partial charge in [-0.15, -0.1) is 0 Å². The molecule has 0 spiro atoms. The van der Waals surface area contributed by atoms with Crippen LogP contribution in [0.15, 0.2) is 29.5 Å². The van der Waals surface area contributed by atoms with Crippen molar-refractivity contribution in [2.24, 2.45) is 0 Å². The predicted molar refractivity (Wildman–Crippen MR) is 49.7 cm³/mol. The van der Waals surface area contributed by atoms with Crippen LogP contribution in [0.5, 0.6) is 0 Å². The minimum Gasteiger partial charge on any atom is -0.0806 e. The topological polar surface area (TPSA) is 0 Å². The molecule has 0 saturated carbocycles. The van der Waals surface area contributed by atoms with E-state index in [-0.39, 0.29) is 0 Å². The molecule has 0 bridgehead atoms. The van der Waals surface area contributed by atoms with Gasteiger partial charge in [0.2, 0.25) is 0 Å². The van der Waals surface area contributed by atoms with Crippen molar-refractivity contribution in [1.29, 1.82) is 0 Å². The molecule has 1 aliphatic rings. The number of benzene rings is 1. The summed E-state index contributed by atoms with van der Waals surface area (Å²) in [7, 11) is 0.969. The summed E-state index contributed by atoms with van der Waals surface area (Å²) in [6, 6.07) is 8.65. The van der Waals surface area contributed by atoms with Crippen LogP contribution in [0.3, 0.4) is 0 Å². The van der Waals surface area contributed by atoms with E-state index in [0.29, 0.717) is 0 Å². The second-order valence-electron chi connectivity index (χ2n) is 2.80. The summed E-state index contributed by atoms with van der Waals surface area (Å²) in [6.45, 7) is 2.25. The van der Waals surface area contributed by atoms with Gasteiger partial charge in [-0.1, -0.05) is 42.1 Å². The van der Waals surface area contributed by atoms with Gasteiger partial charge >= 0.3 is 0 Å². The Kier molecular flexibility index (Phi) is 1.66. The zero-order valence-corrected chi connectivity index (χ0v) is 7.59. The molecule has 11 heavy (non-hydrogen) atoms. The minimum absolute atomic E-state index is 0.969. The molecule has 1 aromatic carbocycles. The fourth-order valence-corrected chi connectivity index (χ4v) is 2.11. The number of hydrogen-bond donors (Lipinski definition) is 0. The molecule has 0 aliphatic heterocycles. The maximum absolute atomic E-state index is 2.33. The van der Waals surface area contributed by atoms with E-state index < -0.39 is 0 Å². The summed E-state index contributed by atoms with van der Waals surface area (Å²) in [5.41, 5.74) is 2.92. The molecule has 0 unspecified atom stereocenters. The van der Waals surface area contributed by atoms with Crippen molar-refractivity contribution in [2.75, 3.05) is 0 Å². The van der Waals surface area contributed by atoms with Crippen LogP contribution in [-0.2, 0) is 6.42 Å². The first kappa shape index (κ1) is 6.86. The normalized spacial score (nSPS) is 14.5. The molecule has 0 fully saturated rings. The van der Waals surface area contributed by atoms with Crippen LogP contribution in [0.25, 0.3) is 6.08 Å². The number of allylic oxidation sites excluding steroid dienone is 1. The molecule has 0 N–H and O–H groups in total. The lowest BCUT2D eigenvalue weighted by atomic mass is 10.1. The minimum atomic E-state index is 0.969. The maximum atomic E-state index is 2.33. The molecular weight excluding hydrogens is 148 g/mol. The molecule has 0 atom stereocenters. The van der Waals surface area contributed by atoms with Gasteiger partial charge < -0.3 is 0 Å². The van der Waals surface area contributed by atoms with Crippen molar-refractivity contribution in [2.45, 2.75) is 13.0 Å². The highest BCUT2D eigenvalue weighted by Gasteiger charge is 2.09.